The van der Waals surface area contributed by atoms with Gasteiger partial charge in [0.2, 0.25) is 5.91 Å². The van der Waals surface area contributed by atoms with E-state index < -0.39 is 0 Å². The summed E-state index contributed by atoms with van der Waals surface area (Å²) >= 11 is 0. The zero-order valence-corrected chi connectivity index (χ0v) is 9.59. The van der Waals surface area contributed by atoms with Crippen molar-refractivity contribution in [2.45, 2.75) is 46.0 Å². The smallest absolute Gasteiger partial charge is 0.236 e. The van der Waals surface area contributed by atoms with E-state index in [2.05, 4.69) is 13.8 Å². The van der Waals surface area contributed by atoms with Crippen molar-refractivity contribution in [2.24, 2.45) is 5.73 Å². The quantitative estimate of drug-likeness (QED) is 0.738. The van der Waals surface area contributed by atoms with Gasteiger partial charge in [0.1, 0.15) is 0 Å². The number of nitrogens with zero attached hydrogens (tertiary/aromatic N) is 1. The van der Waals surface area contributed by atoms with E-state index in [-0.39, 0.29) is 12.5 Å². The summed E-state index contributed by atoms with van der Waals surface area (Å²) in [5.74, 6) is 0.0969. The summed E-state index contributed by atoms with van der Waals surface area (Å²) < 4.78 is 0. The molecule has 0 bridgehead atoms. The van der Waals surface area contributed by atoms with Gasteiger partial charge in [0.15, 0.2) is 0 Å². The van der Waals surface area contributed by atoms with E-state index in [1.54, 1.807) is 0 Å². The van der Waals surface area contributed by atoms with E-state index in [1.807, 2.05) is 4.90 Å². The third-order valence-electron chi connectivity index (χ3n) is 2.38. The molecular formula is C11H24N2O. The highest BCUT2D eigenvalue weighted by molar-refractivity contribution is 5.78. The monoisotopic (exact) mass is 200 g/mol. The molecule has 1 saturated heterocycles. The van der Waals surface area contributed by atoms with Gasteiger partial charge in [-0.05, 0) is 19.3 Å². The van der Waals surface area contributed by atoms with Crippen molar-refractivity contribution < 1.29 is 4.79 Å². The van der Waals surface area contributed by atoms with Crippen LogP contribution in [0.4, 0.5) is 0 Å². The molecule has 84 valence electrons. The molecule has 1 aliphatic rings. The van der Waals surface area contributed by atoms with Crippen LogP contribution in [0.25, 0.3) is 0 Å². The first-order chi connectivity index (χ1) is 6.76. The van der Waals surface area contributed by atoms with Crippen molar-refractivity contribution in [2.75, 3.05) is 19.6 Å². The predicted octanol–water partition coefficient (Wildman–Crippen LogP) is 1.76. The van der Waals surface area contributed by atoms with Crippen LogP contribution in [-0.2, 0) is 4.79 Å². The number of nitrogens with two attached hydrogens (primary N) is 1. The lowest BCUT2D eigenvalue weighted by Gasteiger charge is -2.25. The first-order valence-electron chi connectivity index (χ1n) is 5.74. The molecule has 0 radical (unpaired) electrons. The molecule has 0 aromatic rings. The van der Waals surface area contributed by atoms with Crippen LogP contribution in [0.3, 0.4) is 0 Å². The minimum absolute atomic E-state index is 0.0969. The molecule has 0 aliphatic carbocycles. The molecule has 3 nitrogen and oxygen atoms in total. The second kappa shape index (κ2) is 9.00. The zero-order valence-electron chi connectivity index (χ0n) is 9.59. The highest BCUT2D eigenvalue weighted by Crippen LogP contribution is 2.07. The summed E-state index contributed by atoms with van der Waals surface area (Å²) in [5.41, 5.74) is 5.21. The highest BCUT2D eigenvalue weighted by atomic mass is 16.2. The Balaban J connectivity index is 0.000000364. The van der Waals surface area contributed by atoms with Gasteiger partial charge in [-0.25, -0.2) is 0 Å². The Morgan fingerprint density at radius 3 is 2.00 bits per heavy atom. The number of carbonyl (C=O) groups excluding carboxylic acids is 1. The Kier molecular flexibility index (Phi) is 8.64. The summed E-state index contributed by atoms with van der Waals surface area (Å²) in [7, 11) is 0. The largest absolute Gasteiger partial charge is 0.342 e. The number of hydrogen-bond donors (Lipinski definition) is 1. The van der Waals surface area contributed by atoms with Crippen molar-refractivity contribution in [3.63, 3.8) is 0 Å². The molecule has 0 unspecified atom stereocenters. The average Bonchev–Trinajstić information content (AvgIpc) is 2.29. The van der Waals surface area contributed by atoms with Gasteiger partial charge >= 0.3 is 0 Å². The molecule has 0 spiro atoms. The molecule has 1 rings (SSSR count). The van der Waals surface area contributed by atoms with Gasteiger partial charge < -0.3 is 10.6 Å². The van der Waals surface area contributed by atoms with Crippen molar-refractivity contribution >= 4 is 5.91 Å². The van der Waals surface area contributed by atoms with Crippen LogP contribution in [0.2, 0.25) is 0 Å². The van der Waals surface area contributed by atoms with Crippen LogP contribution in [0.15, 0.2) is 0 Å². The Morgan fingerprint density at radius 1 is 1.14 bits per heavy atom. The van der Waals surface area contributed by atoms with Crippen LogP contribution >= 0.6 is 0 Å². The molecule has 2 N–H and O–H groups in total. The standard InChI is InChI=1S/C7H14N2O.C4H10/c8-6-7(10)9-4-2-1-3-5-9;1-3-4-2/h1-6,8H2;3-4H2,1-2H3. The topological polar surface area (TPSA) is 46.3 Å². The van der Waals surface area contributed by atoms with Gasteiger partial charge in [-0.2, -0.15) is 0 Å². The predicted molar refractivity (Wildman–Crippen MR) is 60.1 cm³/mol. The second-order valence-electron chi connectivity index (χ2n) is 3.65. The summed E-state index contributed by atoms with van der Waals surface area (Å²) in [6.07, 6.45) is 6.19. The fraction of sp³-hybridized carbons (Fsp3) is 0.909. The average molecular weight is 200 g/mol. The van der Waals surface area contributed by atoms with Crippen molar-refractivity contribution in [3.05, 3.63) is 0 Å². The summed E-state index contributed by atoms with van der Waals surface area (Å²) in [6.45, 7) is 6.35. The zero-order chi connectivity index (χ0) is 10.8. The van der Waals surface area contributed by atoms with E-state index >= 15 is 0 Å². The minimum atomic E-state index is 0.0969. The second-order valence-corrected chi connectivity index (χ2v) is 3.65. The van der Waals surface area contributed by atoms with E-state index in [0.717, 1.165) is 25.9 Å². The number of unbranched alkanes of at least 4 members (excludes halogenated alkanes) is 1. The van der Waals surface area contributed by atoms with Gasteiger partial charge in [-0.1, -0.05) is 26.7 Å². The number of carbonyl (C=O) groups is 1. The SMILES string of the molecule is CCCC.NCC(=O)N1CCCCC1. The maximum absolute atomic E-state index is 11.0. The van der Waals surface area contributed by atoms with E-state index in [9.17, 15) is 4.79 Å². The van der Waals surface area contributed by atoms with E-state index in [0.29, 0.717) is 0 Å². The maximum atomic E-state index is 11.0. The Morgan fingerprint density at radius 2 is 1.64 bits per heavy atom. The fourth-order valence-electron chi connectivity index (χ4n) is 1.27. The molecule has 3 heteroatoms. The highest BCUT2D eigenvalue weighted by Gasteiger charge is 2.13. The van der Waals surface area contributed by atoms with Crippen LogP contribution in [0.5, 0.6) is 0 Å². The first-order valence-corrected chi connectivity index (χ1v) is 5.74. The van der Waals surface area contributed by atoms with Crippen molar-refractivity contribution in [3.8, 4) is 0 Å². The van der Waals surface area contributed by atoms with Crippen LogP contribution in [-0.4, -0.2) is 30.4 Å². The minimum Gasteiger partial charge on any atom is -0.342 e. The van der Waals surface area contributed by atoms with Gasteiger partial charge in [0.25, 0.3) is 0 Å². The van der Waals surface area contributed by atoms with Crippen LogP contribution in [0, 0.1) is 0 Å². The maximum Gasteiger partial charge on any atom is 0.236 e. The van der Waals surface area contributed by atoms with Crippen molar-refractivity contribution in [1.82, 2.24) is 4.90 Å². The number of rotatable bonds is 2. The van der Waals surface area contributed by atoms with E-state index in [1.165, 1.54) is 19.3 Å². The lowest BCUT2D eigenvalue weighted by atomic mass is 10.1. The molecule has 0 aromatic heterocycles. The number of hydrogen-bond acceptors (Lipinski definition) is 2. The summed E-state index contributed by atoms with van der Waals surface area (Å²) in [4.78, 5) is 12.8. The summed E-state index contributed by atoms with van der Waals surface area (Å²) in [5, 5.41) is 0. The molecule has 0 saturated carbocycles. The fourth-order valence-corrected chi connectivity index (χ4v) is 1.27. The third-order valence-corrected chi connectivity index (χ3v) is 2.38. The molecule has 14 heavy (non-hydrogen) atoms. The first kappa shape index (κ1) is 13.4. The third kappa shape index (κ3) is 5.97. The number of likely N-dealkylation sites (tertiary alicyclic amines) is 1. The molecule has 1 fully saturated rings. The normalized spacial score (nSPS) is 15.8. The van der Waals surface area contributed by atoms with E-state index in [4.69, 9.17) is 5.73 Å². The molecule has 1 aliphatic heterocycles. The number of amides is 1. The van der Waals surface area contributed by atoms with Gasteiger partial charge in [0, 0.05) is 13.1 Å². The molecular weight excluding hydrogens is 176 g/mol. The molecule has 0 aromatic carbocycles. The molecule has 1 amide bonds. The van der Waals surface area contributed by atoms with Gasteiger partial charge in [0.05, 0.1) is 6.54 Å². The lowest BCUT2D eigenvalue weighted by Crippen LogP contribution is -2.39. The Bertz CT molecular complexity index is 140. The van der Waals surface area contributed by atoms with Crippen LogP contribution < -0.4 is 5.73 Å². The molecule has 0 atom stereocenters. The lowest BCUT2D eigenvalue weighted by molar-refractivity contribution is -0.130. The number of piperidine rings is 1. The Labute approximate surface area is 87.6 Å². The summed E-state index contributed by atoms with van der Waals surface area (Å²) in [6, 6.07) is 0. The van der Waals surface area contributed by atoms with Crippen molar-refractivity contribution in [1.29, 1.82) is 0 Å². The van der Waals surface area contributed by atoms with Gasteiger partial charge in [-0.15, -0.1) is 0 Å². The van der Waals surface area contributed by atoms with Crippen LogP contribution in [0.1, 0.15) is 46.0 Å². The molecule has 1 heterocycles. The Hall–Kier alpha value is -0.570. The van der Waals surface area contributed by atoms with Gasteiger partial charge in [-0.3, -0.25) is 4.79 Å².